The number of rotatable bonds is 8. The second kappa shape index (κ2) is 10.4. The van der Waals surface area contributed by atoms with Crippen LogP contribution in [0, 0.1) is 0 Å². The van der Waals surface area contributed by atoms with Gasteiger partial charge in [0.1, 0.15) is 5.82 Å². The molecule has 1 fully saturated rings. The minimum Gasteiger partial charge on any atom is -0.344 e. The highest BCUT2D eigenvalue weighted by atomic mass is 32.2. The largest absolute Gasteiger partial charge is 0.416 e. The van der Waals surface area contributed by atoms with Crippen LogP contribution in [-0.2, 0) is 22.6 Å². The molecular weight excluding hydrogens is 487 g/mol. The van der Waals surface area contributed by atoms with E-state index >= 15 is 0 Å². The fourth-order valence-electron chi connectivity index (χ4n) is 3.65. The molecule has 12 heteroatoms. The van der Waals surface area contributed by atoms with Gasteiger partial charge in [0.25, 0.3) is 0 Å². The molecule has 0 aliphatic carbocycles. The van der Waals surface area contributed by atoms with Gasteiger partial charge in [0, 0.05) is 57.2 Å². The number of piperazine rings is 1. The summed E-state index contributed by atoms with van der Waals surface area (Å²) in [5, 5.41) is 0.871. The molecule has 0 radical (unpaired) electrons. The molecule has 1 N–H and O–H groups in total. The quantitative estimate of drug-likeness (QED) is 0.500. The van der Waals surface area contributed by atoms with Gasteiger partial charge in [-0.3, -0.25) is 4.90 Å². The third kappa shape index (κ3) is 6.32. The minimum atomic E-state index is -4.60. The van der Waals surface area contributed by atoms with Crippen LogP contribution in [-0.4, -0.2) is 61.9 Å². The van der Waals surface area contributed by atoms with Crippen molar-refractivity contribution in [3.63, 3.8) is 0 Å². The SMILES string of the molecule is O=S(=O)(NCCN1CCN(c2nc(Cc3ccccc3)ns2)CC1)c1cccc(C(F)(F)F)c1. The zero-order valence-corrected chi connectivity index (χ0v) is 19.8. The van der Waals surface area contributed by atoms with Crippen molar-refractivity contribution in [3.8, 4) is 0 Å². The van der Waals surface area contributed by atoms with E-state index in [0.717, 1.165) is 60.9 Å². The number of sulfonamides is 1. The van der Waals surface area contributed by atoms with Crippen LogP contribution in [0.15, 0.2) is 59.5 Å². The predicted molar refractivity (Wildman–Crippen MR) is 124 cm³/mol. The molecule has 1 saturated heterocycles. The second-order valence-electron chi connectivity index (χ2n) is 7.91. The number of alkyl halides is 3. The van der Waals surface area contributed by atoms with Crippen molar-refractivity contribution in [3.05, 3.63) is 71.5 Å². The number of nitrogens with one attached hydrogen (secondary N) is 1. The lowest BCUT2D eigenvalue weighted by atomic mass is 10.1. The van der Waals surface area contributed by atoms with Crippen molar-refractivity contribution in [2.75, 3.05) is 44.2 Å². The Kier molecular flexibility index (Phi) is 7.51. The molecule has 2 heterocycles. The van der Waals surface area contributed by atoms with Crippen molar-refractivity contribution in [1.29, 1.82) is 0 Å². The molecule has 0 unspecified atom stereocenters. The molecule has 4 rings (SSSR count). The Hall–Kier alpha value is -2.54. The van der Waals surface area contributed by atoms with Crippen molar-refractivity contribution in [2.45, 2.75) is 17.5 Å². The van der Waals surface area contributed by atoms with Crippen LogP contribution in [0.1, 0.15) is 17.0 Å². The smallest absolute Gasteiger partial charge is 0.344 e. The Labute approximate surface area is 200 Å². The second-order valence-corrected chi connectivity index (χ2v) is 10.4. The standard InChI is InChI=1S/C22H24F3N5O2S2/c23-22(24,25)18-7-4-8-19(16-18)34(31,32)26-9-10-29-11-13-30(14-12-29)21-27-20(28-33-21)15-17-5-2-1-3-6-17/h1-8,16,26H,9-15H2. The Bertz CT molecular complexity index is 1190. The summed E-state index contributed by atoms with van der Waals surface area (Å²) >= 11 is 1.37. The monoisotopic (exact) mass is 511 g/mol. The van der Waals surface area contributed by atoms with Crippen molar-refractivity contribution in [1.82, 2.24) is 19.0 Å². The molecular formula is C22H24F3N5O2S2. The lowest BCUT2D eigenvalue weighted by Gasteiger charge is -2.34. The number of hydrogen-bond donors (Lipinski definition) is 1. The van der Waals surface area contributed by atoms with Crippen molar-refractivity contribution < 1.29 is 21.6 Å². The van der Waals surface area contributed by atoms with Gasteiger partial charge < -0.3 is 4.90 Å². The fraction of sp³-hybridized carbons (Fsp3) is 0.364. The Morgan fingerprint density at radius 3 is 2.44 bits per heavy atom. The predicted octanol–water partition coefficient (Wildman–Crippen LogP) is 3.25. The van der Waals surface area contributed by atoms with E-state index in [0.29, 0.717) is 19.0 Å². The minimum absolute atomic E-state index is 0.110. The molecule has 0 saturated carbocycles. The molecule has 1 aromatic heterocycles. The summed E-state index contributed by atoms with van der Waals surface area (Å²) in [4.78, 5) is 8.53. The number of halogens is 3. The highest BCUT2D eigenvalue weighted by Crippen LogP contribution is 2.30. The number of benzene rings is 2. The highest BCUT2D eigenvalue weighted by molar-refractivity contribution is 7.89. The maximum atomic E-state index is 12.9. The average molecular weight is 512 g/mol. The third-order valence-corrected chi connectivity index (χ3v) is 7.77. The van der Waals surface area contributed by atoms with E-state index in [-0.39, 0.29) is 6.54 Å². The maximum Gasteiger partial charge on any atom is 0.416 e. The van der Waals surface area contributed by atoms with E-state index in [9.17, 15) is 21.6 Å². The molecule has 34 heavy (non-hydrogen) atoms. The summed E-state index contributed by atoms with van der Waals surface area (Å²) in [6, 6.07) is 13.8. The summed E-state index contributed by atoms with van der Waals surface area (Å²) in [6.45, 7) is 3.48. The van der Waals surface area contributed by atoms with Gasteiger partial charge in [-0.15, -0.1) is 0 Å². The van der Waals surface area contributed by atoms with Crippen LogP contribution >= 0.6 is 11.5 Å². The molecule has 182 valence electrons. The molecule has 3 aromatic rings. The fourth-order valence-corrected chi connectivity index (χ4v) is 5.45. The van der Waals surface area contributed by atoms with E-state index in [1.165, 1.54) is 11.5 Å². The summed E-state index contributed by atoms with van der Waals surface area (Å²) in [6.07, 6.45) is -3.91. The topological polar surface area (TPSA) is 78.4 Å². The summed E-state index contributed by atoms with van der Waals surface area (Å²) in [5.74, 6) is 0.789. The highest BCUT2D eigenvalue weighted by Gasteiger charge is 2.31. The number of nitrogens with zero attached hydrogens (tertiary/aromatic N) is 4. The first-order valence-corrected chi connectivity index (χ1v) is 13.0. The van der Waals surface area contributed by atoms with Crippen molar-refractivity contribution in [2.24, 2.45) is 0 Å². The van der Waals surface area contributed by atoms with E-state index in [1.807, 2.05) is 30.3 Å². The van der Waals surface area contributed by atoms with E-state index in [4.69, 9.17) is 0 Å². The molecule has 1 aliphatic heterocycles. The van der Waals surface area contributed by atoms with Crippen LogP contribution in [0.3, 0.4) is 0 Å². The number of anilines is 1. The van der Waals surface area contributed by atoms with Gasteiger partial charge in [0.15, 0.2) is 0 Å². The Morgan fingerprint density at radius 2 is 1.74 bits per heavy atom. The molecule has 0 spiro atoms. The average Bonchev–Trinajstić information content (AvgIpc) is 3.28. The van der Waals surface area contributed by atoms with Gasteiger partial charge in [-0.25, -0.2) is 18.1 Å². The molecule has 0 amide bonds. The first-order valence-electron chi connectivity index (χ1n) is 10.7. The third-order valence-electron chi connectivity index (χ3n) is 5.50. The van der Waals surface area contributed by atoms with Crippen LogP contribution < -0.4 is 9.62 Å². The summed E-state index contributed by atoms with van der Waals surface area (Å²) in [5.41, 5.74) is 0.166. The first-order chi connectivity index (χ1) is 16.2. The zero-order chi connectivity index (χ0) is 24.2. The van der Waals surface area contributed by atoms with Crippen molar-refractivity contribution >= 4 is 26.7 Å². The number of hydrogen-bond acceptors (Lipinski definition) is 7. The van der Waals surface area contributed by atoms with Gasteiger partial charge in [0.05, 0.1) is 10.5 Å². The summed E-state index contributed by atoms with van der Waals surface area (Å²) < 4.78 is 70.3. The zero-order valence-electron chi connectivity index (χ0n) is 18.2. The van der Waals surface area contributed by atoms with Gasteiger partial charge in [-0.05, 0) is 23.8 Å². The molecule has 2 aromatic carbocycles. The van der Waals surface area contributed by atoms with Crippen LogP contribution in [0.4, 0.5) is 18.3 Å². The molecule has 1 aliphatic rings. The van der Waals surface area contributed by atoms with Gasteiger partial charge >= 0.3 is 6.18 Å². The molecule has 7 nitrogen and oxygen atoms in total. The normalized spacial score (nSPS) is 15.6. The Morgan fingerprint density at radius 1 is 1.00 bits per heavy atom. The Balaban J connectivity index is 1.24. The lowest BCUT2D eigenvalue weighted by Crippen LogP contribution is -2.48. The van der Waals surface area contributed by atoms with Gasteiger partial charge in [-0.2, -0.15) is 17.5 Å². The van der Waals surface area contributed by atoms with Crippen LogP contribution in [0.25, 0.3) is 0 Å². The maximum absolute atomic E-state index is 12.9. The van der Waals surface area contributed by atoms with Crippen LogP contribution in [0.2, 0.25) is 0 Å². The first kappa shape index (κ1) is 24.6. The molecule has 0 atom stereocenters. The van der Waals surface area contributed by atoms with Gasteiger partial charge in [0.2, 0.25) is 15.2 Å². The van der Waals surface area contributed by atoms with E-state index in [2.05, 4.69) is 23.9 Å². The number of aromatic nitrogens is 2. The molecule has 0 bridgehead atoms. The lowest BCUT2D eigenvalue weighted by molar-refractivity contribution is -0.137. The summed E-state index contributed by atoms with van der Waals surface area (Å²) in [7, 11) is -4.02. The van der Waals surface area contributed by atoms with E-state index < -0.39 is 26.7 Å². The van der Waals surface area contributed by atoms with Crippen LogP contribution in [0.5, 0.6) is 0 Å². The van der Waals surface area contributed by atoms with E-state index in [1.54, 1.807) is 0 Å². The van der Waals surface area contributed by atoms with Gasteiger partial charge in [-0.1, -0.05) is 36.4 Å².